The number of hydrogen-bond donors (Lipinski definition) is 0. The van der Waals surface area contributed by atoms with E-state index >= 15 is 0 Å². The summed E-state index contributed by atoms with van der Waals surface area (Å²) in [6, 6.07) is 6.87. The molecular weight excluding hydrogens is 359 g/mol. The van der Waals surface area contributed by atoms with Gasteiger partial charge in [-0.3, -0.25) is 0 Å². The van der Waals surface area contributed by atoms with E-state index in [0.717, 1.165) is 4.47 Å². The molecule has 0 atom stereocenters. The fourth-order valence-corrected chi connectivity index (χ4v) is 2.50. The van der Waals surface area contributed by atoms with Crippen LogP contribution in [0.1, 0.15) is 0 Å². The molecule has 0 unspecified atom stereocenters. The molecule has 0 aliphatic carbocycles. The molecule has 3 nitrogen and oxygen atoms in total. The van der Waals surface area contributed by atoms with Crippen molar-refractivity contribution in [3.8, 4) is 11.6 Å². The Morgan fingerprint density at radius 3 is 2.67 bits per heavy atom. The van der Waals surface area contributed by atoms with Crippen molar-refractivity contribution in [2.45, 2.75) is 5.16 Å². The zero-order chi connectivity index (χ0) is 13.1. The van der Waals surface area contributed by atoms with Crippen molar-refractivity contribution in [2.24, 2.45) is 0 Å². The summed E-state index contributed by atoms with van der Waals surface area (Å²) >= 11 is 16.6. The second kappa shape index (κ2) is 6.10. The van der Waals surface area contributed by atoms with Gasteiger partial charge in [-0.05, 0) is 24.5 Å². The monoisotopic (exact) mass is 364 g/mol. The van der Waals surface area contributed by atoms with Crippen molar-refractivity contribution >= 4 is 50.9 Å². The molecule has 0 fully saturated rings. The highest BCUT2D eigenvalue weighted by Gasteiger charge is 2.08. The van der Waals surface area contributed by atoms with Gasteiger partial charge in [0.15, 0.2) is 5.16 Å². The Bertz CT molecular complexity index is 583. The summed E-state index contributed by atoms with van der Waals surface area (Å²) in [5, 5.41) is 1.37. The van der Waals surface area contributed by atoms with Crippen LogP contribution in [-0.4, -0.2) is 16.2 Å². The Labute approximate surface area is 127 Å². The summed E-state index contributed by atoms with van der Waals surface area (Å²) in [4.78, 5) is 8.21. The van der Waals surface area contributed by atoms with Crippen LogP contribution in [0.2, 0.25) is 10.2 Å². The molecule has 7 heteroatoms. The number of aromatic nitrogens is 2. The topological polar surface area (TPSA) is 35.0 Å². The zero-order valence-electron chi connectivity index (χ0n) is 9.15. The van der Waals surface area contributed by atoms with E-state index in [1.165, 1.54) is 11.8 Å². The molecule has 0 saturated heterocycles. The van der Waals surface area contributed by atoms with Gasteiger partial charge in [-0.15, -0.1) is 0 Å². The molecule has 2 rings (SSSR count). The number of ether oxygens (including phenoxy) is 1. The van der Waals surface area contributed by atoms with Crippen molar-refractivity contribution in [3.63, 3.8) is 0 Å². The predicted octanol–water partition coefficient (Wildman–Crippen LogP) is 5.06. The third-order valence-corrected chi connectivity index (χ3v) is 3.47. The molecule has 0 radical (unpaired) electrons. The van der Waals surface area contributed by atoms with Crippen molar-refractivity contribution < 1.29 is 4.74 Å². The van der Waals surface area contributed by atoms with Crippen LogP contribution in [0.15, 0.2) is 33.9 Å². The molecular formula is C11H7BrCl2N2OS. The van der Waals surface area contributed by atoms with Gasteiger partial charge in [-0.2, -0.15) is 4.98 Å². The Balaban J connectivity index is 2.30. The lowest BCUT2D eigenvalue weighted by atomic mass is 10.3. The van der Waals surface area contributed by atoms with Gasteiger partial charge < -0.3 is 4.74 Å². The average Bonchev–Trinajstić information content (AvgIpc) is 2.32. The van der Waals surface area contributed by atoms with Gasteiger partial charge in [0.25, 0.3) is 0 Å². The standard InChI is InChI=1S/C11H7BrCl2N2OS/c1-18-11-15-9(14)5-10(16-11)17-8-3-2-6(12)4-7(8)13/h2-5H,1H3. The van der Waals surface area contributed by atoms with Gasteiger partial charge in [-0.1, -0.05) is 50.9 Å². The summed E-state index contributed by atoms with van der Waals surface area (Å²) in [5.41, 5.74) is 0. The molecule has 1 heterocycles. The van der Waals surface area contributed by atoms with Gasteiger partial charge >= 0.3 is 0 Å². The number of nitrogens with zero attached hydrogens (tertiary/aromatic N) is 2. The number of thioether (sulfide) groups is 1. The van der Waals surface area contributed by atoms with E-state index in [-0.39, 0.29) is 0 Å². The predicted molar refractivity (Wildman–Crippen MR) is 78.0 cm³/mol. The van der Waals surface area contributed by atoms with Gasteiger partial charge in [0.2, 0.25) is 5.88 Å². The van der Waals surface area contributed by atoms with Crippen molar-refractivity contribution in [1.29, 1.82) is 0 Å². The van der Waals surface area contributed by atoms with Crippen LogP contribution in [0, 0.1) is 0 Å². The van der Waals surface area contributed by atoms with Crippen LogP contribution in [0.5, 0.6) is 11.6 Å². The summed E-state index contributed by atoms with van der Waals surface area (Å²) in [5.74, 6) is 0.880. The van der Waals surface area contributed by atoms with E-state index in [1.54, 1.807) is 18.2 Å². The molecule has 0 aliphatic rings. The third kappa shape index (κ3) is 3.51. The molecule has 0 amide bonds. The molecule has 1 aromatic carbocycles. The quantitative estimate of drug-likeness (QED) is 0.432. The van der Waals surface area contributed by atoms with E-state index in [2.05, 4.69) is 25.9 Å². The van der Waals surface area contributed by atoms with Gasteiger partial charge in [0, 0.05) is 10.5 Å². The molecule has 0 N–H and O–H groups in total. The lowest BCUT2D eigenvalue weighted by Crippen LogP contribution is -1.93. The van der Waals surface area contributed by atoms with E-state index in [4.69, 9.17) is 27.9 Å². The first-order chi connectivity index (χ1) is 8.58. The molecule has 0 spiro atoms. The lowest BCUT2D eigenvalue weighted by Gasteiger charge is -2.07. The molecule has 0 bridgehead atoms. The Morgan fingerprint density at radius 1 is 1.22 bits per heavy atom. The first kappa shape index (κ1) is 13.9. The molecule has 0 saturated carbocycles. The van der Waals surface area contributed by atoms with E-state index in [9.17, 15) is 0 Å². The zero-order valence-corrected chi connectivity index (χ0v) is 13.1. The molecule has 18 heavy (non-hydrogen) atoms. The second-order valence-corrected chi connectivity index (χ2v) is 5.68. The molecule has 2 aromatic rings. The van der Waals surface area contributed by atoms with Crippen LogP contribution in [0.4, 0.5) is 0 Å². The minimum absolute atomic E-state index is 0.331. The van der Waals surface area contributed by atoms with E-state index < -0.39 is 0 Å². The Kier molecular flexibility index (Phi) is 4.72. The second-order valence-electron chi connectivity index (χ2n) is 3.19. The third-order valence-electron chi connectivity index (χ3n) is 1.94. The first-order valence-electron chi connectivity index (χ1n) is 4.80. The smallest absolute Gasteiger partial charge is 0.224 e. The Morgan fingerprint density at radius 2 is 2.00 bits per heavy atom. The van der Waals surface area contributed by atoms with Crippen LogP contribution in [0.25, 0.3) is 0 Å². The highest BCUT2D eigenvalue weighted by molar-refractivity contribution is 9.10. The maximum Gasteiger partial charge on any atom is 0.224 e. The average molecular weight is 366 g/mol. The van der Waals surface area contributed by atoms with Crippen molar-refractivity contribution in [1.82, 2.24) is 9.97 Å². The maximum atomic E-state index is 6.06. The summed E-state index contributed by atoms with van der Waals surface area (Å²) in [7, 11) is 0. The fourth-order valence-electron chi connectivity index (χ4n) is 1.19. The van der Waals surface area contributed by atoms with Gasteiger partial charge in [0.1, 0.15) is 10.9 Å². The van der Waals surface area contributed by atoms with Crippen LogP contribution >= 0.6 is 50.9 Å². The molecule has 0 aliphatic heterocycles. The number of halogens is 3. The normalized spacial score (nSPS) is 10.4. The van der Waals surface area contributed by atoms with Gasteiger partial charge in [0.05, 0.1) is 5.02 Å². The summed E-state index contributed by atoms with van der Waals surface area (Å²) < 4.78 is 6.47. The van der Waals surface area contributed by atoms with Crippen LogP contribution in [-0.2, 0) is 0 Å². The lowest BCUT2D eigenvalue weighted by molar-refractivity contribution is 0.456. The van der Waals surface area contributed by atoms with Gasteiger partial charge in [-0.25, -0.2) is 4.98 Å². The highest BCUT2D eigenvalue weighted by Crippen LogP contribution is 2.32. The maximum absolute atomic E-state index is 6.06. The first-order valence-corrected chi connectivity index (χ1v) is 7.57. The number of rotatable bonds is 3. The van der Waals surface area contributed by atoms with Crippen LogP contribution in [0.3, 0.4) is 0 Å². The van der Waals surface area contributed by atoms with E-state index in [1.807, 2.05) is 12.3 Å². The van der Waals surface area contributed by atoms with Crippen molar-refractivity contribution in [3.05, 3.63) is 38.9 Å². The number of hydrogen-bond acceptors (Lipinski definition) is 4. The SMILES string of the molecule is CSc1nc(Cl)cc(Oc2ccc(Br)cc2Cl)n1. The van der Waals surface area contributed by atoms with Crippen LogP contribution < -0.4 is 4.74 Å². The van der Waals surface area contributed by atoms with Crippen molar-refractivity contribution in [2.75, 3.05) is 6.26 Å². The summed E-state index contributed by atoms with van der Waals surface area (Å²) in [6.07, 6.45) is 1.86. The molecule has 94 valence electrons. The minimum atomic E-state index is 0.331. The van der Waals surface area contributed by atoms with E-state index in [0.29, 0.717) is 27.0 Å². The largest absolute Gasteiger partial charge is 0.437 e. The number of benzene rings is 1. The summed E-state index contributed by atoms with van der Waals surface area (Å²) in [6.45, 7) is 0. The molecule has 1 aromatic heterocycles. The fraction of sp³-hybridized carbons (Fsp3) is 0.0909. The Hall–Kier alpha value is -0.490. The minimum Gasteiger partial charge on any atom is -0.437 e. The highest BCUT2D eigenvalue weighted by atomic mass is 79.9.